The van der Waals surface area contributed by atoms with E-state index in [2.05, 4.69) is 60.7 Å². The number of rotatable bonds is 4. The summed E-state index contributed by atoms with van der Waals surface area (Å²) in [5.74, 6) is 1.46. The van der Waals surface area contributed by atoms with Gasteiger partial charge in [-0.2, -0.15) is 0 Å². The molecule has 0 aliphatic heterocycles. The lowest BCUT2D eigenvalue weighted by Gasteiger charge is -2.04. The molecule has 35 heavy (non-hydrogen) atoms. The van der Waals surface area contributed by atoms with Gasteiger partial charge in [-0.1, -0.05) is 60.7 Å². The quantitative estimate of drug-likeness (QED) is 0.152. The van der Waals surface area contributed by atoms with E-state index in [9.17, 15) is 10.1 Å². The second kappa shape index (κ2) is 8.50. The average molecular weight is 455 g/mol. The van der Waals surface area contributed by atoms with Gasteiger partial charge in [0.2, 0.25) is 0 Å². The van der Waals surface area contributed by atoms with E-state index in [1.165, 1.54) is 12.1 Å². The summed E-state index contributed by atoms with van der Waals surface area (Å²) in [6.07, 6.45) is 0. The van der Waals surface area contributed by atoms with Gasteiger partial charge in [0.1, 0.15) is 0 Å². The number of hydrogen-bond donors (Lipinski definition) is 0. The minimum atomic E-state index is -0.384. The lowest BCUT2D eigenvalue weighted by Crippen LogP contribution is -1.89. The van der Waals surface area contributed by atoms with Crippen LogP contribution in [0.2, 0.25) is 0 Å². The largest absolute Gasteiger partial charge is 0.361 e. The molecule has 0 amide bonds. The molecule has 5 aromatic carbocycles. The van der Waals surface area contributed by atoms with E-state index in [0.717, 1.165) is 55.3 Å². The maximum atomic E-state index is 11.1. The first-order valence-electron chi connectivity index (χ1n) is 11.4. The van der Waals surface area contributed by atoms with Crippen LogP contribution in [-0.4, -0.2) is 4.92 Å². The molecule has 0 radical (unpaired) electrons. The minimum Gasteiger partial charge on any atom is -0.258 e. The Balaban J connectivity index is 1.54. The van der Waals surface area contributed by atoms with Gasteiger partial charge in [0.15, 0.2) is 0 Å². The summed E-state index contributed by atoms with van der Waals surface area (Å²) in [6, 6.07) is 39.6. The van der Waals surface area contributed by atoms with Crippen molar-refractivity contribution in [2.75, 3.05) is 0 Å². The number of nitrogens with zero attached hydrogens (tertiary/aromatic N) is 1. The molecule has 0 N–H and O–H groups in total. The van der Waals surface area contributed by atoms with Gasteiger partial charge in [-0.15, -0.1) is 0 Å². The molecule has 4 nitrogen and oxygen atoms in total. The maximum absolute atomic E-state index is 11.1. The summed E-state index contributed by atoms with van der Waals surface area (Å²) < 4.78 is 6.46. The van der Waals surface area contributed by atoms with E-state index in [-0.39, 0.29) is 10.6 Å². The normalized spacial score (nSPS) is 11.1. The van der Waals surface area contributed by atoms with E-state index < -0.39 is 0 Å². The van der Waals surface area contributed by atoms with Crippen molar-refractivity contribution in [3.05, 3.63) is 131 Å². The van der Waals surface area contributed by atoms with Crippen molar-refractivity contribution in [1.82, 2.24) is 0 Å². The maximum Gasteiger partial charge on any atom is 0.361 e. The third-order valence-corrected chi connectivity index (χ3v) is 6.27. The highest BCUT2D eigenvalue weighted by atomic mass is 16.6. The summed E-state index contributed by atoms with van der Waals surface area (Å²) in [5.41, 5.74) is 3.82. The first-order valence-corrected chi connectivity index (χ1v) is 11.4. The van der Waals surface area contributed by atoms with Crippen molar-refractivity contribution in [2.24, 2.45) is 0 Å². The Bertz CT molecular complexity index is 1620. The molecule has 0 aliphatic carbocycles. The van der Waals surface area contributed by atoms with Crippen LogP contribution in [0.15, 0.2) is 126 Å². The number of nitro benzene ring substituents is 1. The molecule has 0 unspecified atom stereocenters. The molecule has 6 rings (SSSR count). The zero-order valence-corrected chi connectivity index (χ0v) is 18.7. The van der Waals surface area contributed by atoms with Crippen LogP contribution >= 0.6 is 0 Å². The van der Waals surface area contributed by atoms with Crippen LogP contribution in [0, 0.1) is 10.1 Å². The van der Waals surface area contributed by atoms with Crippen molar-refractivity contribution in [3.63, 3.8) is 0 Å². The Morgan fingerprint density at radius 3 is 1.43 bits per heavy atom. The van der Waals surface area contributed by atoms with E-state index in [1.807, 2.05) is 36.4 Å². The molecular formula is C31H20NO3+. The van der Waals surface area contributed by atoms with E-state index >= 15 is 0 Å². The Morgan fingerprint density at radius 2 is 0.943 bits per heavy atom. The molecule has 6 aromatic rings. The van der Waals surface area contributed by atoms with Crippen LogP contribution in [0.4, 0.5) is 5.69 Å². The number of non-ortho nitro benzene ring substituents is 1. The molecule has 0 fully saturated rings. The van der Waals surface area contributed by atoms with Gasteiger partial charge in [0.25, 0.3) is 5.69 Å². The smallest absolute Gasteiger partial charge is 0.258 e. The fourth-order valence-corrected chi connectivity index (χ4v) is 4.41. The topological polar surface area (TPSA) is 54.4 Å². The Kier molecular flexibility index (Phi) is 5.04. The van der Waals surface area contributed by atoms with Gasteiger partial charge in [0.05, 0.1) is 28.2 Å². The molecule has 166 valence electrons. The molecular weight excluding hydrogens is 434 g/mol. The number of fused-ring (bicyclic) bond motifs is 2. The summed E-state index contributed by atoms with van der Waals surface area (Å²) in [6.45, 7) is 0. The monoisotopic (exact) mass is 454 g/mol. The zero-order valence-electron chi connectivity index (χ0n) is 18.7. The first kappa shape index (κ1) is 20.8. The highest BCUT2D eigenvalue weighted by Crippen LogP contribution is 2.35. The first-order chi connectivity index (χ1) is 17.1. The van der Waals surface area contributed by atoms with Crippen molar-refractivity contribution < 1.29 is 9.34 Å². The molecule has 1 heterocycles. The lowest BCUT2D eigenvalue weighted by atomic mass is 9.99. The zero-order chi connectivity index (χ0) is 23.8. The highest BCUT2D eigenvalue weighted by Gasteiger charge is 2.21. The summed E-state index contributed by atoms with van der Waals surface area (Å²) >= 11 is 0. The summed E-state index contributed by atoms with van der Waals surface area (Å²) in [7, 11) is 0. The van der Waals surface area contributed by atoms with Crippen LogP contribution in [0.3, 0.4) is 0 Å². The number of benzene rings is 5. The number of hydrogen-bond acceptors (Lipinski definition) is 2. The van der Waals surface area contributed by atoms with Crippen LogP contribution in [0.1, 0.15) is 0 Å². The fraction of sp³-hybridized carbons (Fsp3) is 0. The van der Waals surface area contributed by atoms with Crippen LogP contribution in [0.25, 0.3) is 55.3 Å². The van der Waals surface area contributed by atoms with Gasteiger partial charge in [-0.3, -0.25) is 10.1 Å². The third kappa shape index (κ3) is 4.02. The lowest BCUT2D eigenvalue weighted by molar-refractivity contribution is -0.384. The van der Waals surface area contributed by atoms with E-state index in [0.29, 0.717) is 0 Å². The standard InChI is InChI=1S/C31H20NO3/c33-32(34)29-15-13-23(14-16-29)28-19-30(26-11-9-21-5-1-3-7-24(21)17-26)35-31(20-28)27-12-10-22-6-2-4-8-25(22)18-27/h1-20H/q+1. The van der Waals surface area contributed by atoms with Crippen molar-refractivity contribution in [1.29, 1.82) is 0 Å². The fourth-order valence-electron chi connectivity index (χ4n) is 4.41. The molecule has 0 aliphatic rings. The SMILES string of the molecule is O=[N+]([O-])c1ccc(-c2cc(-c3ccc4ccccc4c3)[o+]c(-c3ccc4ccccc4c3)c2)cc1. The summed E-state index contributed by atoms with van der Waals surface area (Å²) in [5, 5.41) is 15.7. The Hall–Kier alpha value is -4.83. The Morgan fingerprint density at radius 1 is 0.486 bits per heavy atom. The van der Waals surface area contributed by atoms with Crippen molar-refractivity contribution in [3.8, 4) is 33.8 Å². The summed E-state index contributed by atoms with van der Waals surface area (Å²) in [4.78, 5) is 10.7. The van der Waals surface area contributed by atoms with Crippen LogP contribution in [0.5, 0.6) is 0 Å². The molecule has 0 spiro atoms. The average Bonchev–Trinajstić information content (AvgIpc) is 2.92. The molecule has 0 bridgehead atoms. The minimum absolute atomic E-state index is 0.0684. The Labute approximate surface area is 201 Å². The molecule has 0 saturated heterocycles. The van der Waals surface area contributed by atoms with Crippen molar-refractivity contribution >= 4 is 27.2 Å². The molecule has 1 aromatic heterocycles. The third-order valence-electron chi connectivity index (χ3n) is 6.27. The van der Waals surface area contributed by atoms with Gasteiger partial charge in [-0.25, -0.2) is 4.42 Å². The van der Waals surface area contributed by atoms with E-state index in [4.69, 9.17) is 4.42 Å². The second-order valence-corrected chi connectivity index (χ2v) is 8.50. The second-order valence-electron chi connectivity index (χ2n) is 8.50. The van der Waals surface area contributed by atoms with Crippen molar-refractivity contribution in [2.45, 2.75) is 0 Å². The predicted octanol–water partition coefficient (Wildman–Crippen LogP) is 8.78. The number of nitro groups is 1. The molecule has 0 saturated carbocycles. The molecule has 4 heteroatoms. The predicted molar refractivity (Wildman–Crippen MR) is 141 cm³/mol. The van der Waals surface area contributed by atoms with Gasteiger partial charge >= 0.3 is 11.5 Å². The van der Waals surface area contributed by atoms with Gasteiger partial charge in [-0.05, 0) is 63.5 Å². The van der Waals surface area contributed by atoms with Crippen LogP contribution < -0.4 is 0 Å². The molecule has 0 atom stereocenters. The van der Waals surface area contributed by atoms with Gasteiger partial charge in [0, 0.05) is 17.7 Å². The van der Waals surface area contributed by atoms with Gasteiger partial charge < -0.3 is 0 Å². The van der Waals surface area contributed by atoms with E-state index in [1.54, 1.807) is 12.1 Å². The van der Waals surface area contributed by atoms with Crippen LogP contribution in [-0.2, 0) is 0 Å². The highest BCUT2D eigenvalue weighted by molar-refractivity contribution is 5.89.